The quantitative estimate of drug-likeness (QED) is 0.833. The lowest BCUT2D eigenvalue weighted by Gasteiger charge is -2.10. The maximum atomic E-state index is 12.0. The van der Waals surface area contributed by atoms with Crippen LogP contribution in [0.1, 0.15) is 42.7 Å². The monoisotopic (exact) mass is 282 g/mol. The number of amides is 1. The van der Waals surface area contributed by atoms with Gasteiger partial charge in [-0.25, -0.2) is 4.98 Å². The standard InChI is InChI=1S/C13H18N2OS2/c16-11(7-13(8-17)5-6-13)15-12-14-9-3-1-2-4-10(9)18-12/h17H,1-8H2,(H,14,15,16). The average molecular weight is 282 g/mol. The normalized spacial score (nSPS) is 20.3. The molecule has 0 radical (unpaired) electrons. The molecule has 2 aliphatic carbocycles. The number of thiazole rings is 1. The SMILES string of the molecule is O=C(CC1(CS)CC1)Nc1nc2c(s1)CCCC2. The molecule has 1 fully saturated rings. The molecule has 0 bridgehead atoms. The van der Waals surface area contributed by atoms with Gasteiger partial charge in [0.25, 0.3) is 0 Å². The van der Waals surface area contributed by atoms with Crippen LogP contribution in [0.25, 0.3) is 0 Å². The Morgan fingerprint density at radius 2 is 2.17 bits per heavy atom. The van der Waals surface area contributed by atoms with E-state index in [1.807, 2.05) is 0 Å². The van der Waals surface area contributed by atoms with Gasteiger partial charge in [0.2, 0.25) is 5.91 Å². The Balaban J connectivity index is 1.62. The third kappa shape index (κ3) is 2.57. The summed E-state index contributed by atoms with van der Waals surface area (Å²) in [7, 11) is 0. The molecule has 0 aromatic carbocycles. The third-order valence-corrected chi connectivity index (χ3v) is 5.66. The highest BCUT2D eigenvalue weighted by atomic mass is 32.1. The predicted molar refractivity (Wildman–Crippen MR) is 77.5 cm³/mol. The van der Waals surface area contributed by atoms with Crippen molar-refractivity contribution in [3.05, 3.63) is 10.6 Å². The molecule has 18 heavy (non-hydrogen) atoms. The Labute approximate surface area is 117 Å². The van der Waals surface area contributed by atoms with E-state index < -0.39 is 0 Å². The zero-order chi connectivity index (χ0) is 12.6. The maximum absolute atomic E-state index is 12.0. The fourth-order valence-electron chi connectivity index (χ4n) is 2.48. The number of carbonyl (C=O) groups excluding carboxylic acids is 1. The second kappa shape index (κ2) is 4.85. The molecule has 5 heteroatoms. The summed E-state index contributed by atoms with van der Waals surface area (Å²) in [6, 6.07) is 0. The van der Waals surface area contributed by atoms with Gasteiger partial charge in [-0.15, -0.1) is 11.3 Å². The van der Waals surface area contributed by atoms with Crippen molar-refractivity contribution in [2.24, 2.45) is 5.41 Å². The van der Waals surface area contributed by atoms with E-state index in [0.717, 1.165) is 36.6 Å². The summed E-state index contributed by atoms with van der Waals surface area (Å²) < 4.78 is 0. The van der Waals surface area contributed by atoms with E-state index in [0.29, 0.717) is 6.42 Å². The number of thiol groups is 1. The second-order valence-corrected chi connectivity index (χ2v) is 6.88. The van der Waals surface area contributed by atoms with E-state index in [9.17, 15) is 4.79 Å². The fourth-order valence-corrected chi connectivity index (χ4v) is 3.97. The lowest BCUT2D eigenvalue weighted by atomic mass is 10.0. The lowest BCUT2D eigenvalue weighted by molar-refractivity contribution is -0.117. The summed E-state index contributed by atoms with van der Waals surface area (Å²) in [5.41, 5.74) is 1.39. The fraction of sp³-hybridized carbons (Fsp3) is 0.692. The van der Waals surface area contributed by atoms with Gasteiger partial charge in [-0.2, -0.15) is 12.6 Å². The highest BCUT2D eigenvalue weighted by molar-refractivity contribution is 7.80. The number of hydrogen-bond donors (Lipinski definition) is 2. The van der Waals surface area contributed by atoms with Gasteiger partial charge in [-0.1, -0.05) is 0 Å². The van der Waals surface area contributed by atoms with Crippen molar-refractivity contribution in [3.63, 3.8) is 0 Å². The van der Waals surface area contributed by atoms with Gasteiger partial charge < -0.3 is 5.32 Å². The highest BCUT2D eigenvalue weighted by Gasteiger charge is 2.42. The van der Waals surface area contributed by atoms with Crippen molar-refractivity contribution in [1.29, 1.82) is 0 Å². The highest BCUT2D eigenvalue weighted by Crippen LogP contribution is 2.49. The van der Waals surface area contributed by atoms with E-state index in [4.69, 9.17) is 0 Å². The van der Waals surface area contributed by atoms with Crippen LogP contribution < -0.4 is 5.32 Å². The number of nitrogens with zero attached hydrogens (tertiary/aromatic N) is 1. The van der Waals surface area contributed by atoms with Gasteiger partial charge >= 0.3 is 0 Å². The van der Waals surface area contributed by atoms with Gasteiger partial charge in [0.1, 0.15) is 0 Å². The van der Waals surface area contributed by atoms with Crippen LogP contribution in [0.2, 0.25) is 0 Å². The Morgan fingerprint density at radius 3 is 2.83 bits per heavy atom. The molecule has 98 valence electrons. The molecule has 1 aromatic rings. The molecule has 0 unspecified atom stereocenters. The van der Waals surface area contributed by atoms with Crippen LogP contribution in [0.15, 0.2) is 0 Å². The van der Waals surface area contributed by atoms with E-state index in [1.54, 1.807) is 11.3 Å². The first-order valence-corrected chi connectivity index (χ1v) is 8.05. The van der Waals surface area contributed by atoms with E-state index in [-0.39, 0.29) is 11.3 Å². The first kappa shape index (κ1) is 12.5. The van der Waals surface area contributed by atoms with Gasteiger partial charge in [0.05, 0.1) is 5.69 Å². The zero-order valence-corrected chi connectivity index (χ0v) is 12.1. The molecule has 1 amide bonds. The molecule has 3 rings (SSSR count). The first-order chi connectivity index (χ1) is 8.71. The first-order valence-electron chi connectivity index (χ1n) is 6.60. The molecule has 2 aliphatic rings. The van der Waals surface area contributed by atoms with Gasteiger partial charge in [-0.05, 0) is 49.7 Å². The van der Waals surface area contributed by atoms with Gasteiger partial charge in [0.15, 0.2) is 5.13 Å². The minimum atomic E-state index is 0.104. The number of aromatic nitrogens is 1. The molecule has 1 heterocycles. The summed E-state index contributed by atoms with van der Waals surface area (Å²) in [6.45, 7) is 0. The molecule has 0 atom stereocenters. The topological polar surface area (TPSA) is 42.0 Å². The van der Waals surface area contributed by atoms with Crippen molar-refractivity contribution in [1.82, 2.24) is 4.98 Å². The van der Waals surface area contributed by atoms with Crippen LogP contribution in [0.4, 0.5) is 5.13 Å². The van der Waals surface area contributed by atoms with Crippen molar-refractivity contribution in [3.8, 4) is 0 Å². The molecular weight excluding hydrogens is 264 g/mol. The van der Waals surface area contributed by atoms with Crippen LogP contribution in [-0.2, 0) is 17.6 Å². The molecule has 0 saturated heterocycles. The largest absolute Gasteiger partial charge is 0.302 e. The van der Waals surface area contributed by atoms with Crippen LogP contribution in [0.5, 0.6) is 0 Å². The number of nitrogens with one attached hydrogen (secondary N) is 1. The molecular formula is C13H18N2OS2. The molecule has 0 aliphatic heterocycles. The summed E-state index contributed by atoms with van der Waals surface area (Å²) >= 11 is 5.99. The van der Waals surface area contributed by atoms with E-state index in [1.165, 1.54) is 23.4 Å². The minimum absolute atomic E-state index is 0.104. The Hall–Kier alpha value is -0.550. The number of anilines is 1. The van der Waals surface area contributed by atoms with Crippen molar-refractivity contribution in [2.75, 3.05) is 11.1 Å². The molecule has 1 N–H and O–H groups in total. The summed E-state index contributed by atoms with van der Waals surface area (Å²) in [5, 5.41) is 3.76. The maximum Gasteiger partial charge on any atom is 0.226 e. The van der Waals surface area contributed by atoms with E-state index in [2.05, 4.69) is 22.9 Å². The number of rotatable bonds is 4. The molecule has 0 spiro atoms. The smallest absolute Gasteiger partial charge is 0.226 e. The Bertz CT molecular complexity index is 442. The van der Waals surface area contributed by atoms with Crippen LogP contribution in [-0.4, -0.2) is 16.6 Å². The number of fused-ring (bicyclic) bond motifs is 1. The van der Waals surface area contributed by atoms with Crippen molar-refractivity contribution >= 4 is 35.0 Å². The summed E-state index contributed by atoms with van der Waals surface area (Å²) in [6.07, 6.45) is 7.56. The number of carbonyl (C=O) groups is 1. The summed E-state index contributed by atoms with van der Waals surface area (Å²) in [4.78, 5) is 17.9. The summed E-state index contributed by atoms with van der Waals surface area (Å²) in [5.74, 6) is 0.919. The van der Waals surface area contributed by atoms with E-state index >= 15 is 0 Å². The molecule has 1 aromatic heterocycles. The average Bonchev–Trinajstić information content (AvgIpc) is 3.01. The predicted octanol–water partition coefficient (Wildman–Crippen LogP) is 3.06. The minimum Gasteiger partial charge on any atom is -0.302 e. The van der Waals surface area contributed by atoms with Crippen LogP contribution in [0, 0.1) is 5.41 Å². The molecule has 3 nitrogen and oxygen atoms in total. The Morgan fingerprint density at radius 1 is 1.39 bits per heavy atom. The Kier molecular flexibility index (Phi) is 3.36. The number of aryl methyl sites for hydroxylation is 2. The second-order valence-electron chi connectivity index (χ2n) is 5.48. The third-order valence-electron chi connectivity index (χ3n) is 3.92. The lowest BCUT2D eigenvalue weighted by Crippen LogP contribution is -2.18. The zero-order valence-electron chi connectivity index (χ0n) is 10.4. The van der Waals surface area contributed by atoms with Crippen molar-refractivity contribution < 1.29 is 4.79 Å². The number of hydrogen-bond acceptors (Lipinski definition) is 4. The van der Waals surface area contributed by atoms with Crippen LogP contribution >= 0.6 is 24.0 Å². The van der Waals surface area contributed by atoms with Crippen molar-refractivity contribution in [2.45, 2.75) is 44.9 Å². The van der Waals surface area contributed by atoms with Gasteiger partial charge in [0, 0.05) is 11.3 Å². The molecule has 1 saturated carbocycles. The van der Waals surface area contributed by atoms with Crippen LogP contribution in [0.3, 0.4) is 0 Å². The van der Waals surface area contributed by atoms with Gasteiger partial charge in [-0.3, -0.25) is 4.79 Å².